The van der Waals surface area contributed by atoms with E-state index in [-0.39, 0.29) is 11.3 Å². The Bertz CT molecular complexity index is 1680. The van der Waals surface area contributed by atoms with Gasteiger partial charge in [0, 0.05) is 17.8 Å². The predicted octanol–water partition coefficient (Wildman–Crippen LogP) is 4.55. The largest absolute Gasteiger partial charge is 0.493 e. The number of ether oxygens (including phenoxy) is 3. The van der Waals surface area contributed by atoms with Crippen LogP contribution in [0.1, 0.15) is 16.1 Å². The molecule has 0 saturated carbocycles. The van der Waals surface area contributed by atoms with Crippen molar-refractivity contribution in [2.45, 2.75) is 6.92 Å². The minimum atomic E-state index is -0.441. The highest BCUT2D eigenvalue weighted by atomic mass is 16.5. The van der Waals surface area contributed by atoms with Gasteiger partial charge in [0.2, 0.25) is 5.88 Å². The van der Waals surface area contributed by atoms with Crippen LogP contribution in [0.4, 0.5) is 5.69 Å². The Balaban J connectivity index is 1.36. The number of nitrogens with one attached hydrogen (secondary N) is 1. The quantitative estimate of drug-likeness (QED) is 0.340. The number of benzene rings is 3. The Morgan fingerprint density at radius 2 is 1.61 bits per heavy atom. The highest BCUT2D eigenvalue weighted by molar-refractivity contribution is 6.03. The molecule has 0 aliphatic rings. The molecule has 190 valence electrons. The summed E-state index contributed by atoms with van der Waals surface area (Å²) in [6.07, 6.45) is 1.41. The number of hydrogen-bond donors (Lipinski definition) is 1. The highest BCUT2D eigenvalue weighted by Crippen LogP contribution is 2.35. The van der Waals surface area contributed by atoms with E-state index in [9.17, 15) is 9.59 Å². The van der Waals surface area contributed by atoms with E-state index in [1.165, 1.54) is 17.1 Å². The zero-order valence-electron chi connectivity index (χ0n) is 20.8. The summed E-state index contributed by atoms with van der Waals surface area (Å²) >= 11 is 0. The third-order valence-corrected chi connectivity index (χ3v) is 5.77. The molecule has 0 radical (unpaired) electrons. The summed E-state index contributed by atoms with van der Waals surface area (Å²) in [6, 6.07) is 20.6. The second-order valence-corrected chi connectivity index (χ2v) is 8.25. The van der Waals surface area contributed by atoms with Gasteiger partial charge < -0.3 is 19.5 Å². The van der Waals surface area contributed by atoms with Gasteiger partial charge in [0.05, 0.1) is 30.8 Å². The Hall–Kier alpha value is -5.25. The number of carbonyl (C=O) groups excluding carboxylic acids is 1. The molecule has 1 N–H and O–H groups in total. The zero-order valence-corrected chi connectivity index (χ0v) is 20.8. The summed E-state index contributed by atoms with van der Waals surface area (Å²) in [5, 5.41) is 7.77. The van der Waals surface area contributed by atoms with E-state index < -0.39 is 5.91 Å². The van der Waals surface area contributed by atoms with Gasteiger partial charge in [0.15, 0.2) is 17.2 Å². The van der Waals surface area contributed by atoms with Crippen LogP contribution in [0.2, 0.25) is 0 Å². The second kappa shape index (κ2) is 10.4. The molecule has 38 heavy (non-hydrogen) atoms. The number of carbonyl (C=O) groups is 1. The van der Waals surface area contributed by atoms with Crippen LogP contribution >= 0.6 is 0 Å². The minimum Gasteiger partial charge on any atom is -0.493 e. The monoisotopic (exact) mass is 509 g/mol. The summed E-state index contributed by atoms with van der Waals surface area (Å²) in [4.78, 5) is 34.0. The summed E-state index contributed by atoms with van der Waals surface area (Å²) in [5.74, 6) is 1.48. The van der Waals surface area contributed by atoms with Crippen molar-refractivity contribution in [1.29, 1.82) is 0 Å². The molecule has 0 aliphatic heterocycles. The Kier molecular flexibility index (Phi) is 6.68. The lowest BCUT2D eigenvalue weighted by molar-refractivity contribution is 0.102. The SMILES string of the molecule is COc1cc2ncnc(Oc3ccc(NC(=O)c4nn(-c5ccccc5)c(=O)cc4C)cc3)c2cc1OC. The van der Waals surface area contributed by atoms with Gasteiger partial charge in [-0.2, -0.15) is 9.78 Å². The van der Waals surface area contributed by atoms with Gasteiger partial charge in [-0.05, 0) is 55.0 Å². The van der Waals surface area contributed by atoms with Gasteiger partial charge >= 0.3 is 0 Å². The smallest absolute Gasteiger partial charge is 0.276 e. The highest BCUT2D eigenvalue weighted by Gasteiger charge is 2.16. The molecule has 10 heteroatoms. The first-order chi connectivity index (χ1) is 18.5. The molecule has 3 aromatic carbocycles. The number of para-hydroxylation sites is 1. The van der Waals surface area contributed by atoms with Gasteiger partial charge in [-0.25, -0.2) is 9.97 Å². The summed E-state index contributed by atoms with van der Waals surface area (Å²) in [7, 11) is 3.11. The molecule has 0 aliphatic carbocycles. The molecule has 0 unspecified atom stereocenters. The van der Waals surface area contributed by atoms with Gasteiger partial charge in [-0.15, -0.1) is 0 Å². The average Bonchev–Trinajstić information content (AvgIpc) is 2.94. The molecule has 0 fully saturated rings. The average molecular weight is 510 g/mol. The fraction of sp³-hybridized carbons (Fsp3) is 0.107. The topological polar surface area (TPSA) is 117 Å². The van der Waals surface area contributed by atoms with Crippen LogP contribution in [-0.4, -0.2) is 39.9 Å². The summed E-state index contributed by atoms with van der Waals surface area (Å²) in [6.45, 7) is 1.67. The number of anilines is 1. The molecule has 0 spiro atoms. The van der Waals surface area contributed by atoms with Crippen molar-refractivity contribution in [2.75, 3.05) is 19.5 Å². The second-order valence-electron chi connectivity index (χ2n) is 8.25. The normalized spacial score (nSPS) is 10.7. The standard InChI is InChI=1S/C28H23N5O5/c1-17-13-25(34)33(19-7-5-4-6-8-19)32-26(17)27(35)31-18-9-11-20(12-10-18)38-28-21-14-23(36-2)24(37-3)15-22(21)29-16-30-28/h4-16H,1-3H3,(H,31,35). The first-order valence-electron chi connectivity index (χ1n) is 11.6. The number of aryl methyl sites for hydroxylation is 1. The van der Waals surface area contributed by atoms with Crippen LogP contribution < -0.4 is 25.1 Å². The van der Waals surface area contributed by atoms with E-state index in [2.05, 4.69) is 20.4 Å². The Labute approximate surface area is 217 Å². The van der Waals surface area contributed by atoms with Crippen LogP contribution in [-0.2, 0) is 0 Å². The molecule has 0 bridgehead atoms. The van der Waals surface area contributed by atoms with E-state index in [1.807, 2.05) is 6.07 Å². The van der Waals surface area contributed by atoms with Crippen LogP contribution in [0.5, 0.6) is 23.1 Å². The van der Waals surface area contributed by atoms with Crippen LogP contribution in [0.25, 0.3) is 16.6 Å². The number of hydrogen-bond acceptors (Lipinski definition) is 8. The van der Waals surface area contributed by atoms with Crippen molar-refractivity contribution in [1.82, 2.24) is 19.7 Å². The maximum atomic E-state index is 13.0. The van der Waals surface area contributed by atoms with Crippen molar-refractivity contribution >= 4 is 22.5 Å². The number of aromatic nitrogens is 4. The van der Waals surface area contributed by atoms with Crippen LogP contribution in [0.15, 0.2) is 83.9 Å². The molecule has 2 aromatic heterocycles. The van der Waals surface area contributed by atoms with E-state index in [1.54, 1.807) is 81.8 Å². The lowest BCUT2D eigenvalue weighted by atomic mass is 10.2. The van der Waals surface area contributed by atoms with Crippen molar-refractivity contribution in [3.63, 3.8) is 0 Å². The van der Waals surface area contributed by atoms with Crippen molar-refractivity contribution in [2.24, 2.45) is 0 Å². The predicted molar refractivity (Wildman–Crippen MR) is 142 cm³/mol. The van der Waals surface area contributed by atoms with Crippen molar-refractivity contribution in [3.05, 3.63) is 101 Å². The molecular formula is C28H23N5O5. The lowest BCUT2D eigenvalue weighted by Gasteiger charge is -2.12. The Morgan fingerprint density at radius 3 is 2.32 bits per heavy atom. The zero-order chi connectivity index (χ0) is 26.6. The molecule has 5 aromatic rings. The number of nitrogens with zero attached hydrogens (tertiary/aromatic N) is 4. The molecule has 1 amide bonds. The third kappa shape index (κ3) is 4.87. The summed E-state index contributed by atoms with van der Waals surface area (Å²) in [5.41, 5.74) is 2.03. The molecule has 10 nitrogen and oxygen atoms in total. The van der Waals surface area contributed by atoms with Crippen LogP contribution in [0.3, 0.4) is 0 Å². The van der Waals surface area contributed by atoms with Gasteiger partial charge in [0.1, 0.15) is 12.1 Å². The number of amides is 1. The van der Waals surface area contributed by atoms with Gasteiger partial charge in [-0.1, -0.05) is 18.2 Å². The van der Waals surface area contributed by atoms with Crippen LogP contribution in [0, 0.1) is 6.92 Å². The van der Waals surface area contributed by atoms with Gasteiger partial charge in [-0.3, -0.25) is 9.59 Å². The fourth-order valence-corrected chi connectivity index (χ4v) is 3.87. The fourth-order valence-electron chi connectivity index (χ4n) is 3.87. The first-order valence-corrected chi connectivity index (χ1v) is 11.6. The summed E-state index contributed by atoms with van der Waals surface area (Å²) < 4.78 is 17.9. The maximum Gasteiger partial charge on any atom is 0.276 e. The van der Waals surface area contributed by atoms with E-state index >= 15 is 0 Å². The van der Waals surface area contributed by atoms with Gasteiger partial charge in [0.25, 0.3) is 11.5 Å². The molecule has 0 atom stereocenters. The molecule has 0 saturated heterocycles. The lowest BCUT2D eigenvalue weighted by Crippen LogP contribution is -2.26. The van der Waals surface area contributed by atoms with Crippen molar-refractivity contribution in [3.8, 4) is 28.8 Å². The molecular weight excluding hydrogens is 486 g/mol. The number of methoxy groups -OCH3 is 2. The van der Waals surface area contributed by atoms with E-state index in [0.717, 1.165) is 0 Å². The Morgan fingerprint density at radius 1 is 0.895 bits per heavy atom. The van der Waals surface area contributed by atoms with E-state index in [0.29, 0.717) is 51.0 Å². The van der Waals surface area contributed by atoms with E-state index in [4.69, 9.17) is 14.2 Å². The van der Waals surface area contributed by atoms with Crippen molar-refractivity contribution < 1.29 is 19.0 Å². The minimum absolute atomic E-state index is 0.144. The maximum absolute atomic E-state index is 13.0. The first kappa shape index (κ1) is 24.4. The molecule has 5 rings (SSSR count). The number of rotatable bonds is 7. The molecule has 2 heterocycles. The number of fused-ring (bicyclic) bond motifs is 1. The third-order valence-electron chi connectivity index (χ3n) is 5.77.